The first-order chi connectivity index (χ1) is 7.98. The highest BCUT2D eigenvalue weighted by Crippen LogP contribution is 2.26. The first-order valence-corrected chi connectivity index (χ1v) is 6.44. The molecule has 0 saturated carbocycles. The number of aliphatic hydroxyl groups is 1. The largest absolute Gasteiger partial charge is 0.390 e. The maximum atomic E-state index is 13.5. The van der Waals surface area contributed by atoms with E-state index in [0.29, 0.717) is 17.9 Å². The summed E-state index contributed by atoms with van der Waals surface area (Å²) in [5.41, 5.74) is -0.220. The SMILES string of the molecule is CCC(CC)CC(C)(O)Cc1ccccc1F. The molecular formula is C15H23FO. The Morgan fingerprint density at radius 3 is 2.35 bits per heavy atom. The molecule has 96 valence electrons. The summed E-state index contributed by atoms with van der Waals surface area (Å²) in [5.74, 6) is 0.286. The number of halogens is 1. The van der Waals surface area contributed by atoms with Gasteiger partial charge in [-0.1, -0.05) is 44.9 Å². The maximum absolute atomic E-state index is 13.5. The molecule has 0 radical (unpaired) electrons. The van der Waals surface area contributed by atoms with Crippen molar-refractivity contribution in [2.24, 2.45) is 5.92 Å². The summed E-state index contributed by atoms with van der Waals surface area (Å²) in [5, 5.41) is 10.4. The van der Waals surface area contributed by atoms with Crippen LogP contribution >= 0.6 is 0 Å². The molecule has 0 aromatic heterocycles. The second-order valence-corrected chi connectivity index (χ2v) is 5.15. The van der Waals surface area contributed by atoms with Crippen molar-refractivity contribution in [3.05, 3.63) is 35.6 Å². The molecule has 1 rings (SSSR count). The lowest BCUT2D eigenvalue weighted by molar-refractivity contribution is 0.0319. The van der Waals surface area contributed by atoms with Crippen LogP contribution in [0.1, 0.15) is 45.6 Å². The molecular weight excluding hydrogens is 215 g/mol. The van der Waals surface area contributed by atoms with Gasteiger partial charge in [-0.2, -0.15) is 0 Å². The van der Waals surface area contributed by atoms with Gasteiger partial charge in [-0.05, 0) is 30.9 Å². The zero-order valence-corrected chi connectivity index (χ0v) is 11.0. The fraction of sp³-hybridized carbons (Fsp3) is 0.600. The summed E-state index contributed by atoms with van der Waals surface area (Å²) in [6.07, 6.45) is 3.23. The molecule has 1 aromatic rings. The average Bonchev–Trinajstić information content (AvgIpc) is 2.29. The number of rotatable bonds is 6. The molecule has 1 unspecified atom stereocenters. The lowest BCUT2D eigenvalue weighted by atomic mass is 9.84. The highest BCUT2D eigenvalue weighted by atomic mass is 19.1. The van der Waals surface area contributed by atoms with Crippen LogP contribution in [0, 0.1) is 11.7 Å². The van der Waals surface area contributed by atoms with Crippen LogP contribution in [0.3, 0.4) is 0 Å². The smallest absolute Gasteiger partial charge is 0.126 e. The molecule has 1 N–H and O–H groups in total. The van der Waals surface area contributed by atoms with Gasteiger partial charge in [0.2, 0.25) is 0 Å². The van der Waals surface area contributed by atoms with Crippen molar-refractivity contribution in [2.75, 3.05) is 0 Å². The summed E-state index contributed by atoms with van der Waals surface area (Å²) in [4.78, 5) is 0. The van der Waals surface area contributed by atoms with Crippen LogP contribution < -0.4 is 0 Å². The molecule has 0 aliphatic rings. The minimum atomic E-state index is -0.821. The van der Waals surface area contributed by atoms with Gasteiger partial charge in [-0.15, -0.1) is 0 Å². The molecule has 17 heavy (non-hydrogen) atoms. The predicted molar refractivity (Wildman–Crippen MR) is 69.4 cm³/mol. The van der Waals surface area contributed by atoms with E-state index in [2.05, 4.69) is 13.8 Å². The molecule has 0 heterocycles. The van der Waals surface area contributed by atoms with Gasteiger partial charge in [-0.3, -0.25) is 0 Å². The quantitative estimate of drug-likeness (QED) is 0.795. The first-order valence-electron chi connectivity index (χ1n) is 6.44. The third-order valence-electron chi connectivity index (χ3n) is 3.41. The molecule has 0 aliphatic heterocycles. The Bertz CT molecular complexity index is 343. The molecule has 1 aromatic carbocycles. The van der Waals surface area contributed by atoms with E-state index < -0.39 is 5.60 Å². The predicted octanol–water partition coefficient (Wildman–Crippen LogP) is 3.95. The van der Waals surface area contributed by atoms with Crippen LogP contribution in [0.25, 0.3) is 0 Å². The topological polar surface area (TPSA) is 20.2 Å². The van der Waals surface area contributed by atoms with E-state index >= 15 is 0 Å². The van der Waals surface area contributed by atoms with Crippen molar-refractivity contribution in [3.8, 4) is 0 Å². The van der Waals surface area contributed by atoms with E-state index in [1.165, 1.54) is 6.07 Å². The minimum absolute atomic E-state index is 0.225. The van der Waals surface area contributed by atoms with E-state index in [1.54, 1.807) is 19.1 Å². The van der Waals surface area contributed by atoms with Crippen molar-refractivity contribution >= 4 is 0 Å². The molecule has 0 spiro atoms. The van der Waals surface area contributed by atoms with Gasteiger partial charge in [0.05, 0.1) is 5.60 Å². The third-order valence-corrected chi connectivity index (χ3v) is 3.41. The number of hydrogen-bond donors (Lipinski definition) is 1. The van der Waals surface area contributed by atoms with Crippen molar-refractivity contribution in [1.82, 2.24) is 0 Å². The summed E-state index contributed by atoms with van der Waals surface area (Å²) >= 11 is 0. The van der Waals surface area contributed by atoms with Gasteiger partial charge < -0.3 is 5.11 Å². The van der Waals surface area contributed by atoms with Crippen LogP contribution in [-0.4, -0.2) is 10.7 Å². The number of benzene rings is 1. The second kappa shape index (κ2) is 6.15. The van der Waals surface area contributed by atoms with E-state index in [-0.39, 0.29) is 5.82 Å². The highest BCUT2D eigenvalue weighted by Gasteiger charge is 2.25. The molecule has 0 bridgehead atoms. The molecule has 1 nitrogen and oxygen atoms in total. The fourth-order valence-electron chi connectivity index (χ4n) is 2.32. The molecule has 1 atom stereocenters. The molecule has 0 aliphatic carbocycles. The summed E-state index contributed by atoms with van der Waals surface area (Å²) in [6.45, 7) is 6.07. The Balaban J connectivity index is 2.69. The first kappa shape index (κ1) is 14.2. The monoisotopic (exact) mass is 238 g/mol. The van der Waals surface area contributed by atoms with Crippen molar-refractivity contribution < 1.29 is 9.50 Å². The Kier molecular flexibility index (Phi) is 5.13. The Hall–Kier alpha value is -0.890. The van der Waals surface area contributed by atoms with Crippen LogP contribution in [0.15, 0.2) is 24.3 Å². The van der Waals surface area contributed by atoms with Crippen molar-refractivity contribution in [2.45, 2.75) is 52.1 Å². The summed E-state index contributed by atoms with van der Waals surface area (Å²) in [7, 11) is 0. The van der Waals surface area contributed by atoms with E-state index in [1.807, 2.05) is 6.07 Å². The standard InChI is InChI=1S/C15H23FO/c1-4-12(5-2)10-15(3,17)11-13-8-6-7-9-14(13)16/h6-9,12,17H,4-5,10-11H2,1-3H3. The third kappa shape index (κ3) is 4.47. The summed E-state index contributed by atoms with van der Waals surface area (Å²) < 4.78 is 13.5. The fourth-order valence-corrected chi connectivity index (χ4v) is 2.32. The Morgan fingerprint density at radius 1 is 1.24 bits per heavy atom. The normalized spacial score (nSPS) is 14.9. The number of hydrogen-bond acceptors (Lipinski definition) is 1. The van der Waals surface area contributed by atoms with Gasteiger partial charge in [-0.25, -0.2) is 4.39 Å². The zero-order valence-electron chi connectivity index (χ0n) is 11.0. The van der Waals surface area contributed by atoms with Crippen LogP contribution in [0.5, 0.6) is 0 Å². The minimum Gasteiger partial charge on any atom is -0.390 e. The van der Waals surface area contributed by atoms with E-state index in [4.69, 9.17) is 0 Å². The van der Waals surface area contributed by atoms with Crippen LogP contribution in [0.2, 0.25) is 0 Å². The van der Waals surface area contributed by atoms with Gasteiger partial charge in [0.15, 0.2) is 0 Å². The molecule has 0 amide bonds. The van der Waals surface area contributed by atoms with Crippen molar-refractivity contribution in [3.63, 3.8) is 0 Å². The maximum Gasteiger partial charge on any atom is 0.126 e. The van der Waals surface area contributed by atoms with Gasteiger partial charge in [0.1, 0.15) is 5.82 Å². The molecule has 0 saturated heterocycles. The highest BCUT2D eigenvalue weighted by molar-refractivity contribution is 5.19. The molecule has 2 heteroatoms. The van der Waals surface area contributed by atoms with Gasteiger partial charge in [0.25, 0.3) is 0 Å². The Labute approximate surface area is 104 Å². The van der Waals surface area contributed by atoms with Crippen LogP contribution in [-0.2, 0) is 6.42 Å². The van der Waals surface area contributed by atoms with Crippen molar-refractivity contribution in [1.29, 1.82) is 0 Å². The van der Waals surface area contributed by atoms with E-state index in [9.17, 15) is 9.50 Å². The van der Waals surface area contributed by atoms with Crippen LogP contribution in [0.4, 0.5) is 4.39 Å². The Morgan fingerprint density at radius 2 is 1.82 bits per heavy atom. The molecule has 0 fully saturated rings. The second-order valence-electron chi connectivity index (χ2n) is 5.15. The zero-order chi connectivity index (χ0) is 12.9. The van der Waals surface area contributed by atoms with Gasteiger partial charge >= 0.3 is 0 Å². The average molecular weight is 238 g/mol. The van der Waals surface area contributed by atoms with Gasteiger partial charge in [0, 0.05) is 6.42 Å². The lowest BCUT2D eigenvalue weighted by Gasteiger charge is -2.27. The summed E-state index contributed by atoms with van der Waals surface area (Å²) in [6, 6.07) is 6.68. The lowest BCUT2D eigenvalue weighted by Crippen LogP contribution is -2.30. The van der Waals surface area contributed by atoms with E-state index in [0.717, 1.165) is 19.3 Å².